The Balaban J connectivity index is 3.21. The van der Waals surface area contributed by atoms with Crippen LogP contribution in [-0.4, -0.2) is 13.1 Å². The molecule has 0 saturated carbocycles. The summed E-state index contributed by atoms with van der Waals surface area (Å²) in [5.74, 6) is 0.332. The average Bonchev–Trinajstić information content (AvgIpc) is 2.34. The molecule has 0 amide bonds. The van der Waals surface area contributed by atoms with E-state index in [0.717, 1.165) is 12.1 Å². The van der Waals surface area contributed by atoms with Crippen LogP contribution in [0.15, 0.2) is 18.2 Å². The van der Waals surface area contributed by atoms with E-state index in [-0.39, 0.29) is 11.6 Å². The van der Waals surface area contributed by atoms with Crippen LogP contribution < -0.4 is 4.90 Å². The van der Waals surface area contributed by atoms with Crippen molar-refractivity contribution in [3.8, 4) is 6.07 Å². The fourth-order valence-electron chi connectivity index (χ4n) is 1.78. The highest BCUT2D eigenvalue weighted by molar-refractivity contribution is 5.61. The molecule has 1 unspecified atom stereocenters. The van der Waals surface area contributed by atoms with Crippen LogP contribution in [0.25, 0.3) is 0 Å². The van der Waals surface area contributed by atoms with Gasteiger partial charge < -0.3 is 4.90 Å². The first-order valence-corrected chi connectivity index (χ1v) is 6.02. The summed E-state index contributed by atoms with van der Waals surface area (Å²) in [7, 11) is 1.79. The molecule has 0 bridgehead atoms. The van der Waals surface area contributed by atoms with Crippen LogP contribution in [0.3, 0.4) is 0 Å². The molecule has 0 aliphatic rings. The quantitative estimate of drug-likeness (QED) is 0.828. The van der Waals surface area contributed by atoms with E-state index in [4.69, 9.17) is 5.26 Å². The topological polar surface area (TPSA) is 27.0 Å². The molecule has 1 aromatic rings. The molecule has 0 radical (unpaired) electrons. The number of nitriles is 1. The fourth-order valence-corrected chi connectivity index (χ4v) is 1.78. The smallest absolute Gasteiger partial charge is 0.371 e. The second-order valence-corrected chi connectivity index (χ2v) is 4.94. The molecule has 1 atom stereocenters. The van der Waals surface area contributed by atoms with Crippen molar-refractivity contribution in [1.29, 1.82) is 5.26 Å². The van der Waals surface area contributed by atoms with Gasteiger partial charge in [-0.25, -0.2) is 0 Å². The molecule has 0 aromatic heterocycles. The molecule has 0 aliphatic heterocycles. The zero-order chi connectivity index (χ0) is 14.8. The maximum atomic E-state index is 12.6. The van der Waals surface area contributed by atoms with Crippen molar-refractivity contribution < 1.29 is 13.2 Å². The minimum atomic E-state index is -4.42. The highest BCUT2D eigenvalue weighted by Crippen LogP contribution is 2.33. The third-order valence-corrected chi connectivity index (χ3v) is 3.40. The van der Waals surface area contributed by atoms with E-state index in [2.05, 4.69) is 0 Å². The fraction of sp³-hybridized carbons (Fsp3) is 0.500. The number of hydrogen-bond donors (Lipinski definition) is 0. The summed E-state index contributed by atoms with van der Waals surface area (Å²) in [5.41, 5.74) is -0.222. The largest absolute Gasteiger partial charge is 0.416 e. The van der Waals surface area contributed by atoms with Crippen LogP contribution in [0.5, 0.6) is 0 Å². The minimum absolute atomic E-state index is 0.0461. The molecule has 0 spiro atoms. The lowest BCUT2D eigenvalue weighted by molar-refractivity contribution is -0.137. The molecule has 19 heavy (non-hydrogen) atoms. The Kier molecular flexibility index (Phi) is 4.46. The Morgan fingerprint density at radius 1 is 1.21 bits per heavy atom. The number of alkyl halides is 3. The number of halogens is 3. The molecule has 5 heteroatoms. The number of rotatable bonds is 3. The number of nitrogens with zero attached hydrogens (tertiary/aromatic N) is 2. The Bertz CT molecular complexity index is 486. The predicted octanol–water partition coefficient (Wildman–Crippen LogP) is 4.06. The SMILES string of the molecule is CC(C)C(C)N(C)c1ccc(C(F)(F)F)cc1C#N. The lowest BCUT2D eigenvalue weighted by Crippen LogP contribution is -2.33. The van der Waals surface area contributed by atoms with Gasteiger partial charge >= 0.3 is 6.18 Å². The highest BCUT2D eigenvalue weighted by atomic mass is 19.4. The monoisotopic (exact) mass is 270 g/mol. The van der Waals surface area contributed by atoms with E-state index >= 15 is 0 Å². The van der Waals surface area contributed by atoms with E-state index < -0.39 is 11.7 Å². The molecule has 0 heterocycles. The predicted molar refractivity (Wildman–Crippen MR) is 68.9 cm³/mol. The Morgan fingerprint density at radius 3 is 2.21 bits per heavy atom. The van der Waals surface area contributed by atoms with Crippen molar-refractivity contribution in [3.05, 3.63) is 29.3 Å². The molecule has 0 aliphatic carbocycles. The van der Waals surface area contributed by atoms with Crippen LogP contribution in [0.1, 0.15) is 31.9 Å². The second-order valence-electron chi connectivity index (χ2n) is 4.94. The average molecular weight is 270 g/mol. The van der Waals surface area contributed by atoms with Crippen LogP contribution in [0, 0.1) is 17.2 Å². The molecular formula is C14H17F3N2. The summed E-state index contributed by atoms with van der Waals surface area (Å²) in [6, 6.07) is 5.25. The van der Waals surface area contributed by atoms with E-state index in [1.807, 2.05) is 31.7 Å². The number of anilines is 1. The van der Waals surface area contributed by atoms with Gasteiger partial charge in [-0.15, -0.1) is 0 Å². The first kappa shape index (κ1) is 15.4. The Morgan fingerprint density at radius 2 is 1.79 bits per heavy atom. The molecule has 1 aromatic carbocycles. The Labute approximate surface area is 111 Å². The third kappa shape index (κ3) is 3.40. The van der Waals surface area contributed by atoms with Crippen molar-refractivity contribution in [2.24, 2.45) is 5.92 Å². The normalized spacial score (nSPS) is 13.2. The summed E-state index contributed by atoms with van der Waals surface area (Å²) < 4.78 is 37.8. The van der Waals surface area contributed by atoms with Gasteiger partial charge in [-0.3, -0.25) is 0 Å². The highest BCUT2D eigenvalue weighted by Gasteiger charge is 2.31. The van der Waals surface area contributed by atoms with Gasteiger partial charge in [-0.05, 0) is 31.0 Å². The van der Waals surface area contributed by atoms with E-state index in [9.17, 15) is 13.2 Å². The van der Waals surface area contributed by atoms with Crippen LogP contribution in [-0.2, 0) is 6.18 Å². The third-order valence-electron chi connectivity index (χ3n) is 3.40. The first-order chi connectivity index (χ1) is 8.68. The molecular weight excluding hydrogens is 253 g/mol. The van der Waals surface area contributed by atoms with Gasteiger partial charge in [0.25, 0.3) is 0 Å². The molecule has 2 nitrogen and oxygen atoms in total. The van der Waals surface area contributed by atoms with Crippen molar-refractivity contribution in [2.75, 3.05) is 11.9 Å². The van der Waals surface area contributed by atoms with Crippen molar-refractivity contribution >= 4 is 5.69 Å². The summed E-state index contributed by atoms with van der Waals surface area (Å²) >= 11 is 0. The lowest BCUT2D eigenvalue weighted by atomic mass is 10.0. The van der Waals surface area contributed by atoms with Gasteiger partial charge in [0.15, 0.2) is 0 Å². The summed E-state index contributed by atoms with van der Waals surface area (Å²) in [6.45, 7) is 6.03. The van der Waals surface area contributed by atoms with E-state index in [1.54, 1.807) is 7.05 Å². The zero-order valence-electron chi connectivity index (χ0n) is 11.4. The van der Waals surface area contributed by atoms with Crippen molar-refractivity contribution in [1.82, 2.24) is 0 Å². The number of benzene rings is 1. The molecule has 104 valence electrons. The summed E-state index contributed by atoms with van der Waals surface area (Å²) in [6.07, 6.45) is -4.42. The maximum Gasteiger partial charge on any atom is 0.416 e. The van der Waals surface area contributed by atoms with Crippen LogP contribution >= 0.6 is 0 Å². The van der Waals surface area contributed by atoms with E-state index in [0.29, 0.717) is 11.6 Å². The van der Waals surface area contributed by atoms with Crippen molar-refractivity contribution in [2.45, 2.75) is 33.0 Å². The van der Waals surface area contributed by atoms with Crippen molar-refractivity contribution in [3.63, 3.8) is 0 Å². The van der Waals surface area contributed by atoms with Gasteiger partial charge in [0.05, 0.1) is 16.8 Å². The van der Waals surface area contributed by atoms with Gasteiger partial charge in [-0.2, -0.15) is 18.4 Å². The first-order valence-electron chi connectivity index (χ1n) is 6.02. The molecule has 0 fully saturated rings. The van der Waals surface area contributed by atoms with Gasteiger partial charge in [0.2, 0.25) is 0 Å². The van der Waals surface area contributed by atoms with Crippen LogP contribution in [0.2, 0.25) is 0 Å². The summed E-state index contributed by atoms with van der Waals surface area (Å²) in [4.78, 5) is 1.84. The maximum absolute atomic E-state index is 12.6. The Hall–Kier alpha value is -1.70. The number of hydrogen-bond acceptors (Lipinski definition) is 2. The molecule has 1 rings (SSSR count). The zero-order valence-corrected chi connectivity index (χ0v) is 11.4. The van der Waals surface area contributed by atoms with Gasteiger partial charge in [0.1, 0.15) is 6.07 Å². The van der Waals surface area contributed by atoms with Gasteiger partial charge in [0, 0.05) is 13.1 Å². The molecule has 0 saturated heterocycles. The minimum Gasteiger partial charge on any atom is -0.371 e. The standard InChI is InChI=1S/C14H17F3N2/c1-9(2)10(3)19(4)13-6-5-12(14(15,16)17)7-11(13)8-18/h5-7,9-10H,1-4H3. The van der Waals surface area contributed by atoms with E-state index in [1.165, 1.54) is 6.07 Å². The second kappa shape index (κ2) is 5.52. The van der Waals surface area contributed by atoms with Crippen LogP contribution in [0.4, 0.5) is 18.9 Å². The summed E-state index contributed by atoms with van der Waals surface area (Å²) in [5, 5.41) is 9.03. The lowest BCUT2D eigenvalue weighted by Gasteiger charge is -2.30. The molecule has 0 N–H and O–H groups in total. The van der Waals surface area contributed by atoms with Gasteiger partial charge in [-0.1, -0.05) is 13.8 Å².